The first-order chi connectivity index (χ1) is 6.34. The SMILES string of the molecule is CC.CC.CCNC(=O)C1COC1. The minimum absolute atomic E-state index is 0.128. The first kappa shape index (κ1) is 14.9. The van der Waals surface area contributed by atoms with Crippen LogP contribution in [0.1, 0.15) is 34.6 Å². The Morgan fingerprint density at radius 2 is 1.77 bits per heavy atom. The number of carbonyl (C=O) groups is 1. The Morgan fingerprint density at radius 1 is 1.31 bits per heavy atom. The number of amides is 1. The van der Waals surface area contributed by atoms with Gasteiger partial charge in [-0.3, -0.25) is 4.79 Å². The van der Waals surface area contributed by atoms with E-state index in [-0.39, 0.29) is 11.8 Å². The molecule has 13 heavy (non-hydrogen) atoms. The molecule has 0 aromatic carbocycles. The fourth-order valence-corrected chi connectivity index (χ4v) is 0.706. The van der Waals surface area contributed by atoms with Gasteiger partial charge in [0, 0.05) is 6.54 Å². The van der Waals surface area contributed by atoms with Crippen molar-refractivity contribution in [2.45, 2.75) is 34.6 Å². The normalized spacial score (nSPS) is 13.9. The van der Waals surface area contributed by atoms with Crippen molar-refractivity contribution in [1.29, 1.82) is 0 Å². The Bertz CT molecular complexity index is 111. The van der Waals surface area contributed by atoms with Crippen molar-refractivity contribution in [2.75, 3.05) is 19.8 Å². The van der Waals surface area contributed by atoms with Crippen LogP contribution in [0.15, 0.2) is 0 Å². The predicted octanol–water partition coefficient (Wildman–Crippen LogP) is 1.82. The zero-order chi connectivity index (χ0) is 10.7. The van der Waals surface area contributed by atoms with Crippen LogP contribution >= 0.6 is 0 Å². The van der Waals surface area contributed by atoms with Crippen LogP contribution in [-0.4, -0.2) is 25.7 Å². The van der Waals surface area contributed by atoms with Gasteiger partial charge in [-0.25, -0.2) is 0 Å². The second kappa shape index (κ2) is 11.4. The highest BCUT2D eigenvalue weighted by atomic mass is 16.5. The van der Waals surface area contributed by atoms with Crippen molar-refractivity contribution < 1.29 is 9.53 Å². The number of ether oxygens (including phenoxy) is 1. The number of nitrogens with one attached hydrogen (secondary N) is 1. The molecule has 1 fully saturated rings. The van der Waals surface area contributed by atoms with Gasteiger partial charge in [-0.05, 0) is 6.92 Å². The van der Waals surface area contributed by atoms with Crippen LogP contribution in [0.5, 0.6) is 0 Å². The molecular formula is C10H23NO2. The van der Waals surface area contributed by atoms with Crippen molar-refractivity contribution in [1.82, 2.24) is 5.32 Å². The molecule has 1 N–H and O–H groups in total. The van der Waals surface area contributed by atoms with Gasteiger partial charge in [-0.2, -0.15) is 0 Å². The van der Waals surface area contributed by atoms with Crippen LogP contribution in [0, 0.1) is 5.92 Å². The fourth-order valence-electron chi connectivity index (χ4n) is 0.706. The van der Waals surface area contributed by atoms with Gasteiger partial charge < -0.3 is 10.1 Å². The summed E-state index contributed by atoms with van der Waals surface area (Å²) in [7, 11) is 0. The lowest BCUT2D eigenvalue weighted by Crippen LogP contribution is -2.42. The summed E-state index contributed by atoms with van der Waals surface area (Å²) >= 11 is 0. The number of hydrogen-bond donors (Lipinski definition) is 1. The van der Waals surface area contributed by atoms with Gasteiger partial charge in [-0.1, -0.05) is 27.7 Å². The largest absolute Gasteiger partial charge is 0.380 e. The Kier molecular flexibility index (Phi) is 13.1. The van der Waals surface area contributed by atoms with Gasteiger partial charge in [0.1, 0.15) is 0 Å². The van der Waals surface area contributed by atoms with Crippen molar-refractivity contribution in [2.24, 2.45) is 5.92 Å². The van der Waals surface area contributed by atoms with Crippen molar-refractivity contribution in [3.05, 3.63) is 0 Å². The van der Waals surface area contributed by atoms with Crippen LogP contribution in [0.2, 0.25) is 0 Å². The van der Waals surface area contributed by atoms with E-state index in [1.165, 1.54) is 0 Å². The zero-order valence-electron chi connectivity index (χ0n) is 9.52. The van der Waals surface area contributed by atoms with Gasteiger partial charge in [0.15, 0.2) is 0 Å². The van der Waals surface area contributed by atoms with E-state index in [0.717, 1.165) is 6.54 Å². The number of rotatable bonds is 2. The van der Waals surface area contributed by atoms with Crippen LogP contribution < -0.4 is 5.32 Å². The van der Waals surface area contributed by atoms with E-state index in [1.54, 1.807) is 0 Å². The molecule has 0 atom stereocenters. The molecule has 0 radical (unpaired) electrons. The van der Waals surface area contributed by atoms with Crippen LogP contribution in [0.4, 0.5) is 0 Å². The molecule has 80 valence electrons. The highest BCUT2D eigenvalue weighted by Crippen LogP contribution is 2.08. The average Bonchev–Trinajstić information content (AvgIpc) is 2.09. The quantitative estimate of drug-likeness (QED) is 0.719. The van der Waals surface area contributed by atoms with E-state index in [9.17, 15) is 4.79 Å². The molecule has 0 aliphatic carbocycles. The lowest BCUT2D eigenvalue weighted by Gasteiger charge is -2.24. The van der Waals surface area contributed by atoms with E-state index in [2.05, 4.69) is 5.32 Å². The summed E-state index contributed by atoms with van der Waals surface area (Å²) in [5.41, 5.74) is 0. The third-order valence-corrected chi connectivity index (χ3v) is 1.36. The molecule has 0 bridgehead atoms. The second-order valence-electron chi connectivity index (χ2n) is 2.13. The highest BCUT2D eigenvalue weighted by molar-refractivity contribution is 5.79. The maximum Gasteiger partial charge on any atom is 0.227 e. The fraction of sp³-hybridized carbons (Fsp3) is 0.900. The monoisotopic (exact) mass is 189 g/mol. The molecule has 3 heteroatoms. The molecule has 1 aliphatic heterocycles. The maximum absolute atomic E-state index is 10.8. The van der Waals surface area contributed by atoms with E-state index in [1.807, 2.05) is 34.6 Å². The van der Waals surface area contributed by atoms with E-state index >= 15 is 0 Å². The van der Waals surface area contributed by atoms with Gasteiger partial charge in [0.05, 0.1) is 19.1 Å². The van der Waals surface area contributed by atoms with Crippen molar-refractivity contribution >= 4 is 5.91 Å². The topological polar surface area (TPSA) is 38.3 Å². The molecule has 0 aromatic heterocycles. The molecule has 1 rings (SSSR count). The van der Waals surface area contributed by atoms with Gasteiger partial charge in [-0.15, -0.1) is 0 Å². The summed E-state index contributed by atoms with van der Waals surface area (Å²) in [4.78, 5) is 10.8. The first-order valence-electron chi connectivity index (χ1n) is 5.20. The zero-order valence-corrected chi connectivity index (χ0v) is 9.52. The van der Waals surface area contributed by atoms with E-state index in [0.29, 0.717) is 13.2 Å². The average molecular weight is 189 g/mol. The maximum atomic E-state index is 10.8. The van der Waals surface area contributed by atoms with Crippen LogP contribution in [0.3, 0.4) is 0 Å². The third-order valence-electron chi connectivity index (χ3n) is 1.36. The standard InChI is InChI=1S/C6H11NO2.2C2H6/c1-2-7-6(8)5-3-9-4-5;2*1-2/h5H,2-4H2,1H3,(H,7,8);2*1-2H3. The van der Waals surface area contributed by atoms with Gasteiger partial charge in [0.2, 0.25) is 5.91 Å². The Balaban J connectivity index is 0. The molecule has 1 amide bonds. The van der Waals surface area contributed by atoms with Gasteiger partial charge >= 0.3 is 0 Å². The lowest BCUT2D eigenvalue weighted by molar-refractivity contribution is -0.138. The first-order valence-corrected chi connectivity index (χ1v) is 5.20. The summed E-state index contributed by atoms with van der Waals surface area (Å²) < 4.78 is 4.84. The molecular weight excluding hydrogens is 166 g/mol. The van der Waals surface area contributed by atoms with E-state index < -0.39 is 0 Å². The minimum atomic E-state index is 0.128. The Labute approximate surface area is 81.9 Å². The molecule has 0 unspecified atom stereocenters. The Morgan fingerprint density at radius 3 is 2.00 bits per heavy atom. The smallest absolute Gasteiger partial charge is 0.227 e. The molecule has 0 aromatic rings. The molecule has 1 aliphatic rings. The molecule has 1 heterocycles. The highest BCUT2D eigenvalue weighted by Gasteiger charge is 2.25. The van der Waals surface area contributed by atoms with Crippen LogP contribution in [-0.2, 0) is 9.53 Å². The summed E-state index contributed by atoms with van der Waals surface area (Å²) in [6.45, 7) is 11.8. The van der Waals surface area contributed by atoms with E-state index in [4.69, 9.17) is 4.74 Å². The van der Waals surface area contributed by atoms with Gasteiger partial charge in [0.25, 0.3) is 0 Å². The van der Waals surface area contributed by atoms with Crippen molar-refractivity contribution in [3.8, 4) is 0 Å². The molecule has 1 saturated heterocycles. The summed E-state index contributed by atoms with van der Waals surface area (Å²) in [5.74, 6) is 0.258. The third kappa shape index (κ3) is 6.58. The predicted molar refractivity (Wildman–Crippen MR) is 55.7 cm³/mol. The molecule has 3 nitrogen and oxygen atoms in total. The minimum Gasteiger partial charge on any atom is -0.380 e. The number of hydrogen-bond acceptors (Lipinski definition) is 2. The molecule has 0 saturated carbocycles. The summed E-state index contributed by atoms with van der Waals surface area (Å²) in [6.07, 6.45) is 0. The summed E-state index contributed by atoms with van der Waals surface area (Å²) in [5, 5.41) is 2.73. The second-order valence-corrected chi connectivity index (χ2v) is 2.13. The lowest BCUT2D eigenvalue weighted by atomic mass is 10.1. The van der Waals surface area contributed by atoms with Crippen LogP contribution in [0.25, 0.3) is 0 Å². The number of carbonyl (C=O) groups excluding carboxylic acids is 1. The molecule has 0 spiro atoms. The summed E-state index contributed by atoms with van der Waals surface area (Å²) in [6, 6.07) is 0. The Hall–Kier alpha value is -0.570. The van der Waals surface area contributed by atoms with Crippen molar-refractivity contribution in [3.63, 3.8) is 0 Å².